The molecule has 0 unspecified atom stereocenters. The third-order valence-electron chi connectivity index (χ3n) is 2.49. The Balaban J connectivity index is 1.81. The number of halogens is 2. The van der Waals surface area contributed by atoms with Crippen LogP contribution in [0.15, 0.2) is 53.4 Å². The van der Waals surface area contributed by atoms with Gasteiger partial charge in [-0.3, -0.25) is 4.79 Å². The van der Waals surface area contributed by atoms with Gasteiger partial charge in [0.2, 0.25) is 5.91 Å². The second-order valence-corrected chi connectivity index (χ2v) is 6.16. The first-order valence-electron chi connectivity index (χ1n) is 6.07. The number of carbonyl (C=O) groups excluding carboxylic acids is 1. The van der Waals surface area contributed by atoms with Crippen LogP contribution < -0.4 is 5.32 Å². The van der Waals surface area contributed by atoms with Crippen LogP contribution in [0.2, 0.25) is 10.0 Å². The molecule has 0 spiro atoms. The second kappa shape index (κ2) is 7.58. The zero-order chi connectivity index (χ0) is 14.4. The van der Waals surface area contributed by atoms with E-state index in [0.717, 1.165) is 10.6 Å². The molecular weight excluding hydrogens is 313 g/mol. The predicted molar refractivity (Wildman–Crippen MR) is 86.9 cm³/mol. The largest absolute Gasteiger partial charge is 0.326 e. The monoisotopic (exact) mass is 325 g/mol. The molecule has 1 N–H and O–H groups in total. The van der Waals surface area contributed by atoms with Crippen LogP contribution in [0.3, 0.4) is 0 Å². The maximum Gasteiger partial charge on any atom is 0.225 e. The zero-order valence-corrected chi connectivity index (χ0v) is 12.9. The van der Waals surface area contributed by atoms with E-state index in [9.17, 15) is 4.79 Å². The normalized spacial score (nSPS) is 10.3. The summed E-state index contributed by atoms with van der Waals surface area (Å²) in [5.41, 5.74) is 0.622. The van der Waals surface area contributed by atoms with E-state index >= 15 is 0 Å². The molecule has 20 heavy (non-hydrogen) atoms. The van der Waals surface area contributed by atoms with Gasteiger partial charge in [-0.1, -0.05) is 41.4 Å². The molecule has 2 aromatic carbocycles. The number of thioether (sulfide) groups is 1. The fourth-order valence-corrected chi connectivity index (χ4v) is 3.03. The van der Waals surface area contributed by atoms with E-state index in [1.807, 2.05) is 30.3 Å². The van der Waals surface area contributed by atoms with Crippen molar-refractivity contribution in [1.29, 1.82) is 0 Å². The van der Waals surface area contributed by atoms with Gasteiger partial charge in [-0.05, 0) is 30.3 Å². The molecule has 0 atom stereocenters. The first-order valence-corrected chi connectivity index (χ1v) is 7.81. The van der Waals surface area contributed by atoms with Crippen molar-refractivity contribution in [3.8, 4) is 0 Å². The molecule has 0 saturated carbocycles. The lowest BCUT2D eigenvalue weighted by atomic mass is 10.3. The smallest absolute Gasteiger partial charge is 0.225 e. The van der Waals surface area contributed by atoms with Crippen LogP contribution in [0.5, 0.6) is 0 Å². The van der Waals surface area contributed by atoms with Crippen LogP contribution in [0.1, 0.15) is 6.42 Å². The van der Waals surface area contributed by atoms with Crippen LogP contribution >= 0.6 is 35.0 Å². The Morgan fingerprint density at radius 3 is 2.35 bits per heavy atom. The lowest BCUT2D eigenvalue weighted by Gasteiger charge is -2.06. The van der Waals surface area contributed by atoms with Gasteiger partial charge < -0.3 is 5.32 Å². The maximum atomic E-state index is 11.8. The van der Waals surface area contributed by atoms with Gasteiger partial charge in [-0.2, -0.15) is 0 Å². The van der Waals surface area contributed by atoms with Crippen molar-refractivity contribution in [3.63, 3.8) is 0 Å². The van der Waals surface area contributed by atoms with Crippen molar-refractivity contribution in [2.24, 2.45) is 0 Å². The average Bonchev–Trinajstić information content (AvgIpc) is 2.38. The summed E-state index contributed by atoms with van der Waals surface area (Å²) in [5, 5.41) is 3.80. The molecule has 0 aliphatic carbocycles. The van der Waals surface area contributed by atoms with Gasteiger partial charge in [0.25, 0.3) is 0 Å². The summed E-state index contributed by atoms with van der Waals surface area (Å²) in [6.45, 7) is 0. The molecule has 0 aliphatic rings. The summed E-state index contributed by atoms with van der Waals surface area (Å²) in [4.78, 5) is 13.0. The number of benzene rings is 2. The maximum absolute atomic E-state index is 11.8. The van der Waals surface area contributed by atoms with E-state index in [1.165, 1.54) is 0 Å². The van der Waals surface area contributed by atoms with E-state index in [0.29, 0.717) is 22.2 Å². The summed E-state index contributed by atoms with van der Waals surface area (Å²) >= 11 is 13.4. The van der Waals surface area contributed by atoms with Crippen molar-refractivity contribution in [3.05, 3.63) is 58.6 Å². The summed E-state index contributed by atoms with van der Waals surface area (Å²) in [6.07, 6.45) is 0.434. The lowest BCUT2D eigenvalue weighted by molar-refractivity contribution is -0.115. The topological polar surface area (TPSA) is 29.1 Å². The number of carbonyl (C=O) groups is 1. The molecule has 0 aliphatic heterocycles. The molecule has 5 heteroatoms. The minimum Gasteiger partial charge on any atom is -0.326 e. The Bertz CT molecular complexity index is 569. The molecule has 104 valence electrons. The minimum atomic E-state index is -0.0493. The highest BCUT2D eigenvalue weighted by Gasteiger charge is 2.04. The van der Waals surface area contributed by atoms with Crippen molar-refractivity contribution in [1.82, 2.24) is 0 Å². The fourth-order valence-electron chi connectivity index (χ4n) is 1.63. The molecule has 0 fully saturated rings. The Morgan fingerprint density at radius 1 is 1.05 bits per heavy atom. The molecule has 0 saturated heterocycles. The Hall–Kier alpha value is -1.16. The SMILES string of the molecule is O=C(CCSc1ccccc1)Nc1cc(Cl)cc(Cl)c1. The molecule has 2 rings (SSSR count). The molecule has 0 heterocycles. The number of anilines is 1. The van der Waals surface area contributed by atoms with E-state index in [2.05, 4.69) is 5.32 Å². The van der Waals surface area contributed by atoms with Crippen molar-refractivity contribution in [2.45, 2.75) is 11.3 Å². The lowest BCUT2D eigenvalue weighted by Crippen LogP contribution is -2.12. The highest BCUT2D eigenvalue weighted by atomic mass is 35.5. The van der Waals surface area contributed by atoms with Gasteiger partial charge in [0.1, 0.15) is 0 Å². The van der Waals surface area contributed by atoms with Gasteiger partial charge >= 0.3 is 0 Å². The zero-order valence-electron chi connectivity index (χ0n) is 10.6. The van der Waals surface area contributed by atoms with E-state index < -0.39 is 0 Å². The van der Waals surface area contributed by atoms with Gasteiger partial charge in [0.05, 0.1) is 0 Å². The molecular formula is C15H13Cl2NOS. The van der Waals surface area contributed by atoms with Crippen LogP contribution in [0, 0.1) is 0 Å². The van der Waals surface area contributed by atoms with Gasteiger partial charge in [0.15, 0.2) is 0 Å². The van der Waals surface area contributed by atoms with Crippen LogP contribution in [0.25, 0.3) is 0 Å². The molecule has 1 amide bonds. The van der Waals surface area contributed by atoms with Crippen molar-refractivity contribution in [2.75, 3.05) is 11.1 Å². The predicted octanol–water partition coefficient (Wildman–Crippen LogP) is 5.11. The van der Waals surface area contributed by atoms with Crippen molar-refractivity contribution >= 4 is 46.6 Å². The van der Waals surface area contributed by atoms with Gasteiger partial charge in [0, 0.05) is 32.8 Å². The Kier molecular flexibility index (Phi) is 5.77. The molecule has 0 radical (unpaired) electrons. The third-order valence-corrected chi connectivity index (χ3v) is 3.94. The number of nitrogens with one attached hydrogen (secondary N) is 1. The number of hydrogen-bond acceptors (Lipinski definition) is 2. The first-order chi connectivity index (χ1) is 9.63. The van der Waals surface area contributed by atoms with Crippen LogP contribution in [-0.2, 0) is 4.79 Å². The van der Waals surface area contributed by atoms with Gasteiger partial charge in [-0.15, -0.1) is 11.8 Å². The summed E-state index contributed by atoms with van der Waals surface area (Å²) in [5.74, 6) is 0.677. The Labute approximate surface area is 132 Å². The van der Waals surface area contributed by atoms with Crippen molar-refractivity contribution < 1.29 is 4.79 Å². The third kappa shape index (κ3) is 5.08. The highest BCUT2D eigenvalue weighted by Crippen LogP contribution is 2.23. The average molecular weight is 326 g/mol. The van der Waals surface area contributed by atoms with E-state index in [-0.39, 0.29) is 5.91 Å². The second-order valence-electron chi connectivity index (χ2n) is 4.12. The minimum absolute atomic E-state index is 0.0493. The summed E-state index contributed by atoms with van der Waals surface area (Å²) in [6, 6.07) is 15.0. The molecule has 2 nitrogen and oxygen atoms in total. The number of amides is 1. The summed E-state index contributed by atoms with van der Waals surface area (Å²) < 4.78 is 0. The molecule has 0 bridgehead atoms. The number of rotatable bonds is 5. The summed E-state index contributed by atoms with van der Waals surface area (Å²) in [7, 11) is 0. The first kappa shape index (κ1) is 15.2. The van der Waals surface area contributed by atoms with Crippen LogP contribution in [0.4, 0.5) is 5.69 Å². The molecule has 2 aromatic rings. The molecule has 0 aromatic heterocycles. The quantitative estimate of drug-likeness (QED) is 0.773. The van der Waals surface area contributed by atoms with Crippen LogP contribution in [-0.4, -0.2) is 11.7 Å². The van der Waals surface area contributed by atoms with E-state index in [1.54, 1.807) is 30.0 Å². The van der Waals surface area contributed by atoms with Gasteiger partial charge in [-0.25, -0.2) is 0 Å². The highest BCUT2D eigenvalue weighted by molar-refractivity contribution is 7.99. The Morgan fingerprint density at radius 2 is 1.70 bits per heavy atom. The van der Waals surface area contributed by atoms with E-state index in [4.69, 9.17) is 23.2 Å². The number of hydrogen-bond donors (Lipinski definition) is 1. The standard InChI is InChI=1S/C15H13Cl2NOS/c16-11-8-12(17)10-13(9-11)18-15(19)6-7-20-14-4-2-1-3-5-14/h1-5,8-10H,6-7H2,(H,18,19). The fraction of sp³-hybridized carbons (Fsp3) is 0.133.